The van der Waals surface area contributed by atoms with Crippen molar-refractivity contribution in [1.29, 1.82) is 0 Å². The number of nitrogens with zero attached hydrogens (tertiary/aromatic N) is 4. The van der Waals surface area contributed by atoms with Gasteiger partial charge in [-0.2, -0.15) is 5.10 Å². The van der Waals surface area contributed by atoms with E-state index in [1.165, 1.54) is 0 Å². The highest BCUT2D eigenvalue weighted by Crippen LogP contribution is 2.27. The standard InChI is InChI=1S/C20H24N4O2/c25-20(17-5-1-2-6-17)23-13-18-7-10-22-24(18)19(14-23)8-11-26-15-16-4-3-9-21-12-16/h1-4,7,9-10,12,17,19H,5-6,8,11,13-15H2/t19-/m0/s1. The molecule has 0 unspecified atom stereocenters. The molecule has 0 radical (unpaired) electrons. The molecule has 0 N–H and O–H groups in total. The van der Waals surface area contributed by atoms with Crippen molar-refractivity contribution >= 4 is 5.91 Å². The molecule has 1 atom stereocenters. The molecule has 0 bridgehead atoms. The van der Waals surface area contributed by atoms with E-state index in [-0.39, 0.29) is 17.9 Å². The molecular weight excluding hydrogens is 328 g/mol. The molecule has 0 spiro atoms. The Morgan fingerprint density at radius 3 is 2.92 bits per heavy atom. The Kier molecular flexibility index (Phi) is 5.11. The topological polar surface area (TPSA) is 60.2 Å². The van der Waals surface area contributed by atoms with Crippen molar-refractivity contribution in [2.24, 2.45) is 5.92 Å². The lowest BCUT2D eigenvalue weighted by Crippen LogP contribution is -2.43. The molecule has 2 aromatic heterocycles. The van der Waals surface area contributed by atoms with Crippen molar-refractivity contribution in [3.8, 4) is 0 Å². The van der Waals surface area contributed by atoms with Crippen molar-refractivity contribution in [2.45, 2.75) is 38.5 Å². The van der Waals surface area contributed by atoms with Crippen LogP contribution in [-0.2, 0) is 22.7 Å². The van der Waals surface area contributed by atoms with E-state index in [2.05, 4.69) is 26.9 Å². The van der Waals surface area contributed by atoms with Crippen LogP contribution in [0.25, 0.3) is 0 Å². The van der Waals surface area contributed by atoms with E-state index >= 15 is 0 Å². The van der Waals surface area contributed by atoms with Crippen LogP contribution in [0, 0.1) is 5.92 Å². The van der Waals surface area contributed by atoms with E-state index in [4.69, 9.17) is 4.74 Å². The Morgan fingerprint density at radius 1 is 1.23 bits per heavy atom. The molecule has 26 heavy (non-hydrogen) atoms. The van der Waals surface area contributed by atoms with E-state index in [0.29, 0.717) is 26.3 Å². The number of ether oxygens (including phenoxy) is 1. The second-order valence-electron chi connectivity index (χ2n) is 6.98. The fraction of sp³-hybridized carbons (Fsp3) is 0.450. The number of pyridine rings is 1. The SMILES string of the molecule is O=C(C1CC=CC1)N1Cc2ccnn2[C@@H](CCOCc2cccnc2)C1. The van der Waals surface area contributed by atoms with Crippen LogP contribution in [-0.4, -0.2) is 38.7 Å². The van der Waals surface area contributed by atoms with Crippen molar-refractivity contribution in [3.05, 3.63) is 60.2 Å². The summed E-state index contributed by atoms with van der Waals surface area (Å²) in [5.74, 6) is 0.385. The maximum atomic E-state index is 12.8. The van der Waals surface area contributed by atoms with E-state index in [1.807, 2.05) is 35.5 Å². The normalized spacial score (nSPS) is 19.7. The highest BCUT2D eigenvalue weighted by Gasteiger charge is 2.32. The van der Waals surface area contributed by atoms with Crippen LogP contribution in [0.3, 0.4) is 0 Å². The molecular formula is C20H24N4O2. The molecule has 0 fully saturated rings. The van der Waals surface area contributed by atoms with E-state index in [1.54, 1.807) is 6.20 Å². The number of carbonyl (C=O) groups is 1. The van der Waals surface area contributed by atoms with Gasteiger partial charge in [0.1, 0.15) is 0 Å². The van der Waals surface area contributed by atoms with Gasteiger partial charge in [0, 0.05) is 37.7 Å². The lowest BCUT2D eigenvalue weighted by atomic mass is 10.0. The summed E-state index contributed by atoms with van der Waals surface area (Å²) in [4.78, 5) is 18.9. The Balaban J connectivity index is 1.35. The Bertz CT molecular complexity index is 763. The third kappa shape index (κ3) is 3.70. The van der Waals surface area contributed by atoms with Crippen LogP contribution in [0.2, 0.25) is 0 Å². The van der Waals surface area contributed by atoms with Crippen LogP contribution in [0.4, 0.5) is 0 Å². The van der Waals surface area contributed by atoms with Gasteiger partial charge in [-0.1, -0.05) is 18.2 Å². The Hall–Kier alpha value is -2.47. The molecule has 6 heteroatoms. The molecule has 1 amide bonds. The summed E-state index contributed by atoms with van der Waals surface area (Å²) >= 11 is 0. The summed E-state index contributed by atoms with van der Waals surface area (Å²) < 4.78 is 7.87. The van der Waals surface area contributed by atoms with Crippen molar-refractivity contribution in [1.82, 2.24) is 19.7 Å². The lowest BCUT2D eigenvalue weighted by molar-refractivity contribution is -0.137. The molecule has 3 heterocycles. The average molecular weight is 352 g/mol. The van der Waals surface area contributed by atoms with Crippen LogP contribution < -0.4 is 0 Å². The van der Waals surface area contributed by atoms with Crippen LogP contribution in [0.15, 0.2) is 48.9 Å². The molecule has 1 aliphatic carbocycles. The number of fused-ring (bicyclic) bond motifs is 1. The number of allylic oxidation sites excluding steroid dienone is 2. The Labute approximate surface area is 153 Å². The smallest absolute Gasteiger partial charge is 0.226 e. The summed E-state index contributed by atoms with van der Waals surface area (Å²) in [6, 6.07) is 6.10. The first kappa shape index (κ1) is 17.0. The minimum atomic E-state index is 0.118. The summed E-state index contributed by atoms with van der Waals surface area (Å²) in [6.45, 7) is 2.55. The Morgan fingerprint density at radius 2 is 2.12 bits per heavy atom. The molecule has 4 rings (SSSR count). The minimum Gasteiger partial charge on any atom is -0.377 e. The van der Waals surface area contributed by atoms with E-state index in [9.17, 15) is 4.79 Å². The van der Waals surface area contributed by atoms with Gasteiger partial charge in [-0.05, 0) is 37.0 Å². The fourth-order valence-electron chi connectivity index (χ4n) is 3.74. The van der Waals surface area contributed by atoms with Gasteiger partial charge in [-0.25, -0.2) is 0 Å². The van der Waals surface area contributed by atoms with Crippen LogP contribution in [0.5, 0.6) is 0 Å². The van der Waals surface area contributed by atoms with Gasteiger partial charge in [0.15, 0.2) is 0 Å². The lowest BCUT2D eigenvalue weighted by Gasteiger charge is -2.35. The van der Waals surface area contributed by atoms with Gasteiger partial charge in [0.2, 0.25) is 5.91 Å². The maximum Gasteiger partial charge on any atom is 0.226 e. The second kappa shape index (κ2) is 7.83. The monoisotopic (exact) mass is 352 g/mol. The summed E-state index contributed by atoms with van der Waals surface area (Å²) in [6.07, 6.45) is 12.2. The zero-order valence-electron chi connectivity index (χ0n) is 14.8. The van der Waals surface area contributed by atoms with Gasteiger partial charge >= 0.3 is 0 Å². The molecule has 2 aromatic rings. The highest BCUT2D eigenvalue weighted by molar-refractivity contribution is 5.79. The minimum absolute atomic E-state index is 0.118. The predicted molar refractivity (Wildman–Crippen MR) is 97.1 cm³/mol. The predicted octanol–water partition coefficient (Wildman–Crippen LogP) is 2.73. The number of hydrogen-bond donors (Lipinski definition) is 0. The number of aromatic nitrogens is 3. The van der Waals surface area contributed by atoms with Gasteiger partial charge in [0.25, 0.3) is 0 Å². The van der Waals surface area contributed by atoms with Crippen molar-refractivity contribution in [2.75, 3.05) is 13.2 Å². The average Bonchev–Trinajstić information content (AvgIpc) is 3.37. The third-order valence-corrected chi connectivity index (χ3v) is 5.14. The van der Waals surface area contributed by atoms with Gasteiger partial charge < -0.3 is 9.64 Å². The summed E-state index contributed by atoms with van der Waals surface area (Å²) in [5, 5.41) is 4.47. The van der Waals surface area contributed by atoms with Gasteiger partial charge in [-0.15, -0.1) is 0 Å². The molecule has 6 nitrogen and oxygen atoms in total. The zero-order chi connectivity index (χ0) is 17.8. The number of carbonyl (C=O) groups excluding carboxylic acids is 1. The zero-order valence-corrected chi connectivity index (χ0v) is 14.8. The molecule has 136 valence electrons. The van der Waals surface area contributed by atoms with Gasteiger partial charge in [-0.3, -0.25) is 14.5 Å². The second-order valence-corrected chi connectivity index (χ2v) is 6.98. The molecule has 0 aromatic carbocycles. The largest absolute Gasteiger partial charge is 0.377 e. The van der Waals surface area contributed by atoms with E-state index in [0.717, 1.165) is 30.5 Å². The first-order valence-electron chi connectivity index (χ1n) is 9.24. The van der Waals surface area contributed by atoms with Crippen LogP contribution >= 0.6 is 0 Å². The van der Waals surface area contributed by atoms with Crippen molar-refractivity contribution in [3.63, 3.8) is 0 Å². The number of amides is 1. The first-order chi connectivity index (χ1) is 12.8. The molecule has 1 aliphatic heterocycles. The van der Waals surface area contributed by atoms with Crippen molar-refractivity contribution < 1.29 is 9.53 Å². The number of hydrogen-bond acceptors (Lipinski definition) is 4. The first-order valence-corrected chi connectivity index (χ1v) is 9.24. The summed E-state index contributed by atoms with van der Waals surface area (Å²) in [5.41, 5.74) is 2.18. The molecule has 0 saturated heterocycles. The quantitative estimate of drug-likeness (QED) is 0.592. The number of rotatable bonds is 6. The molecule has 2 aliphatic rings. The fourth-order valence-corrected chi connectivity index (χ4v) is 3.74. The highest BCUT2D eigenvalue weighted by atomic mass is 16.5. The van der Waals surface area contributed by atoms with E-state index < -0.39 is 0 Å². The van der Waals surface area contributed by atoms with Crippen LogP contribution in [0.1, 0.15) is 36.6 Å². The summed E-state index contributed by atoms with van der Waals surface area (Å²) in [7, 11) is 0. The molecule has 0 saturated carbocycles. The maximum absolute atomic E-state index is 12.8. The van der Waals surface area contributed by atoms with Gasteiger partial charge in [0.05, 0.1) is 24.9 Å². The third-order valence-electron chi connectivity index (χ3n) is 5.14.